The van der Waals surface area contributed by atoms with E-state index in [0.717, 1.165) is 12.2 Å². The van der Waals surface area contributed by atoms with E-state index in [-0.39, 0.29) is 11.0 Å². The highest BCUT2D eigenvalue weighted by Gasteiger charge is 2.18. The van der Waals surface area contributed by atoms with Gasteiger partial charge in [0, 0.05) is 29.0 Å². The highest BCUT2D eigenvalue weighted by molar-refractivity contribution is 7.80. The van der Waals surface area contributed by atoms with Crippen LogP contribution in [0.15, 0.2) is 42.5 Å². The van der Waals surface area contributed by atoms with Gasteiger partial charge in [-0.25, -0.2) is 0 Å². The molecule has 1 aliphatic rings. The number of nitrogens with one attached hydrogen (secondary N) is 2. The van der Waals surface area contributed by atoms with Gasteiger partial charge in [0.15, 0.2) is 5.11 Å². The van der Waals surface area contributed by atoms with Gasteiger partial charge in [-0.15, -0.1) is 0 Å². The number of anilines is 2. The lowest BCUT2D eigenvalue weighted by Crippen LogP contribution is -2.37. The van der Waals surface area contributed by atoms with Gasteiger partial charge in [0.2, 0.25) is 0 Å². The fourth-order valence-electron chi connectivity index (χ4n) is 3.41. The molecule has 148 valence electrons. The average molecular weight is 418 g/mol. The molecule has 2 N–H and O–H groups in total. The van der Waals surface area contributed by atoms with Crippen LogP contribution in [0.25, 0.3) is 0 Å². The van der Waals surface area contributed by atoms with Crippen molar-refractivity contribution in [3.63, 3.8) is 0 Å². The molecule has 0 saturated carbocycles. The summed E-state index contributed by atoms with van der Waals surface area (Å²) >= 11 is 11.3. The number of ether oxygens (including phenoxy) is 1. The van der Waals surface area contributed by atoms with Gasteiger partial charge in [-0.05, 0) is 80.9 Å². The normalized spacial score (nSPS) is 16.4. The highest BCUT2D eigenvalue weighted by Crippen LogP contribution is 2.26. The largest absolute Gasteiger partial charge is 0.496 e. The van der Waals surface area contributed by atoms with Crippen molar-refractivity contribution >= 4 is 46.2 Å². The van der Waals surface area contributed by atoms with Crippen LogP contribution in [0.1, 0.15) is 36.5 Å². The van der Waals surface area contributed by atoms with E-state index in [0.29, 0.717) is 22.4 Å². The van der Waals surface area contributed by atoms with Gasteiger partial charge in [0.05, 0.1) is 12.7 Å². The quantitative estimate of drug-likeness (QED) is 0.696. The maximum absolute atomic E-state index is 12.5. The lowest BCUT2D eigenvalue weighted by molar-refractivity contribution is 0.0975. The van der Waals surface area contributed by atoms with E-state index in [9.17, 15) is 4.79 Å². The first-order chi connectivity index (χ1) is 13.5. The fourth-order valence-corrected chi connectivity index (χ4v) is 3.79. The Bertz CT molecular complexity index is 857. The second kappa shape index (κ2) is 9.26. The molecule has 1 heterocycles. The summed E-state index contributed by atoms with van der Waals surface area (Å²) in [5.41, 5.74) is 2.35. The summed E-state index contributed by atoms with van der Waals surface area (Å²) in [5, 5.41) is 6.37. The van der Waals surface area contributed by atoms with E-state index < -0.39 is 0 Å². The Kier molecular flexibility index (Phi) is 6.75. The molecule has 0 spiro atoms. The van der Waals surface area contributed by atoms with Gasteiger partial charge in [0.25, 0.3) is 5.91 Å². The molecule has 0 bridgehead atoms. The summed E-state index contributed by atoms with van der Waals surface area (Å²) in [6, 6.07) is 13.5. The summed E-state index contributed by atoms with van der Waals surface area (Å²) in [7, 11) is 1.50. The van der Waals surface area contributed by atoms with Gasteiger partial charge in [0.1, 0.15) is 5.75 Å². The van der Waals surface area contributed by atoms with Gasteiger partial charge in [-0.2, -0.15) is 0 Å². The van der Waals surface area contributed by atoms with Crippen molar-refractivity contribution in [2.45, 2.75) is 32.2 Å². The van der Waals surface area contributed by atoms with Crippen LogP contribution in [0.4, 0.5) is 11.4 Å². The molecule has 5 nitrogen and oxygen atoms in total. The predicted molar refractivity (Wildman–Crippen MR) is 119 cm³/mol. The van der Waals surface area contributed by atoms with Crippen molar-refractivity contribution < 1.29 is 9.53 Å². The Morgan fingerprint density at radius 3 is 2.64 bits per heavy atom. The van der Waals surface area contributed by atoms with Gasteiger partial charge < -0.3 is 15.0 Å². The first-order valence-corrected chi connectivity index (χ1v) is 10.1. The monoisotopic (exact) mass is 417 g/mol. The van der Waals surface area contributed by atoms with E-state index in [1.54, 1.807) is 18.2 Å². The summed E-state index contributed by atoms with van der Waals surface area (Å²) in [6.07, 6.45) is 3.75. The number of piperidine rings is 1. The van der Waals surface area contributed by atoms with Crippen LogP contribution in [-0.2, 0) is 0 Å². The number of amides is 1. The lowest BCUT2D eigenvalue weighted by atomic mass is 10.0. The van der Waals surface area contributed by atoms with Crippen molar-refractivity contribution in [1.29, 1.82) is 0 Å². The van der Waals surface area contributed by atoms with E-state index in [1.165, 1.54) is 32.1 Å². The number of methoxy groups -OCH3 is 1. The highest BCUT2D eigenvalue weighted by atomic mass is 35.5. The molecule has 1 amide bonds. The minimum atomic E-state index is -0.379. The third-order valence-electron chi connectivity index (χ3n) is 4.89. The number of thiocarbonyl (C=S) groups is 1. The topological polar surface area (TPSA) is 53.6 Å². The molecule has 0 aromatic heterocycles. The zero-order chi connectivity index (χ0) is 20.1. The lowest BCUT2D eigenvalue weighted by Gasteiger charge is -2.35. The molecule has 28 heavy (non-hydrogen) atoms. The van der Waals surface area contributed by atoms with E-state index >= 15 is 0 Å². The number of hydrogen-bond acceptors (Lipinski definition) is 4. The zero-order valence-corrected chi connectivity index (χ0v) is 17.6. The van der Waals surface area contributed by atoms with Crippen molar-refractivity contribution in [1.82, 2.24) is 5.32 Å². The fraction of sp³-hybridized carbons (Fsp3) is 0.333. The van der Waals surface area contributed by atoms with E-state index in [4.69, 9.17) is 28.6 Å². The van der Waals surface area contributed by atoms with Crippen molar-refractivity contribution in [2.24, 2.45) is 0 Å². The first kappa shape index (κ1) is 20.4. The standard InChI is InChI=1S/C21H24ClN3O2S/c1-14-5-3-4-12-25(14)17-9-7-16(8-10-17)23-21(28)24-20(26)18-13-15(22)6-11-19(18)27-2/h6-11,13-14H,3-5,12H2,1-2H3,(H2,23,24,26,28). The van der Waals surface area contributed by atoms with Crippen molar-refractivity contribution in [2.75, 3.05) is 23.9 Å². The van der Waals surface area contributed by atoms with E-state index in [2.05, 4.69) is 34.6 Å². The molecule has 1 fully saturated rings. The molecule has 0 aliphatic carbocycles. The molecule has 3 rings (SSSR count). The van der Waals surface area contributed by atoms with Crippen LogP contribution in [0.2, 0.25) is 5.02 Å². The van der Waals surface area contributed by atoms with Crippen LogP contribution in [0.3, 0.4) is 0 Å². The molecule has 2 aromatic carbocycles. The minimum Gasteiger partial charge on any atom is -0.496 e. The van der Waals surface area contributed by atoms with Crippen LogP contribution < -0.4 is 20.3 Å². The molecular formula is C21H24ClN3O2S. The zero-order valence-electron chi connectivity index (χ0n) is 16.0. The van der Waals surface area contributed by atoms with Gasteiger partial charge in [-0.1, -0.05) is 11.6 Å². The van der Waals surface area contributed by atoms with Crippen molar-refractivity contribution in [3.05, 3.63) is 53.1 Å². The van der Waals surface area contributed by atoms with E-state index in [1.807, 2.05) is 12.1 Å². The smallest absolute Gasteiger partial charge is 0.261 e. The van der Waals surface area contributed by atoms with Crippen LogP contribution in [0.5, 0.6) is 5.75 Å². The Morgan fingerprint density at radius 1 is 1.21 bits per heavy atom. The number of carbonyl (C=O) groups is 1. The second-order valence-electron chi connectivity index (χ2n) is 6.84. The minimum absolute atomic E-state index is 0.214. The van der Waals surface area contributed by atoms with Crippen molar-refractivity contribution in [3.8, 4) is 5.75 Å². The van der Waals surface area contributed by atoms with Gasteiger partial charge >= 0.3 is 0 Å². The summed E-state index contributed by atoms with van der Waals surface area (Å²) in [4.78, 5) is 14.9. The average Bonchev–Trinajstić information content (AvgIpc) is 2.69. The van der Waals surface area contributed by atoms with Crippen LogP contribution in [-0.4, -0.2) is 30.7 Å². The molecular weight excluding hydrogens is 394 g/mol. The SMILES string of the molecule is COc1ccc(Cl)cc1C(=O)NC(=S)Nc1ccc(N2CCCCC2C)cc1. The predicted octanol–water partition coefficient (Wildman–Crippen LogP) is 4.85. The number of hydrogen-bond donors (Lipinski definition) is 2. The number of rotatable bonds is 4. The molecule has 0 radical (unpaired) electrons. The number of nitrogens with zero attached hydrogens (tertiary/aromatic N) is 1. The van der Waals surface area contributed by atoms with Gasteiger partial charge in [-0.3, -0.25) is 10.1 Å². The molecule has 7 heteroatoms. The molecule has 1 unspecified atom stereocenters. The number of halogens is 1. The maximum Gasteiger partial charge on any atom is 0.261 e. The second-order valence-corrected chi connectivity index (χ2v) is 7.68. The Hall–Kier alpha value is -2.31. The molecule has 1 saturated heterocycles. The number of carbonyl (C=O) groups excluding carboxylic acids is 1. The van der Waals surface area contributed by atoms with Crippen LogP contribution >= 0.6 is 23.8 Å². The molecule has 1 aliphatic heterocycles. The number of benzene rings is 2. The molecule has 1 atom stereocenters. The summed E-state index contributed by atoms with van der Waals surface area (Å²) in [6.45, 7) is 3.35. The maximum atomic E-state index is 12.5. The summed E-state index contributed by atoms with van der Waals surface area (Å²) < 4.78 is 5.21. The Morgan fingerprint density at radius 2 is 1.96 bits per heavy atom. The van der Waals surface area contributed by atoms with Crippen LogP contribution in [0, 0.1) is 0 Å². The molecule has 2 aromatic rings. The third kappa shape index (κ3) is 4.94. The summed E-state index contributed by atoms with van der Waals surface area (Å²) in [5.74, 6) is 0.0558. The Balaban J connectivity index is 1.62. The first-order valence-electron chi connectivity index (χ1n) is 9.30. The third-order valence-corrected chi connectivity index (χ3v) is 5.33. The Labute approximate surface area is 176 Å².